The molecule has 0 bridgehead atoms. The second-order valence-electron chi connectivity index (χ2n) is 6.05. The van der Waals surface area contributed by atoms with Crippen LogP contribution in [-0.2, 0) is 11.2 Å². The molecule has 1 aromatic heterocycles. The number of rotatable bonds is 6. The first-order valence-corrected chi connectivity index (χ1v) is 8.22. The summed E-state index contributed by atoms with van der Waals surface area (Å²) in [5, 5.41) is 3.51. The number of nitrogens with two attached hydrogens (primary N) is 1. The number of aromatic nitrogens is 1. The molecule has 4 heteroatoms. The molecule has 3 N–H and O–H groups in total. The molecule has 4 nitrogen and oxygen atoms in total. The number of hydrogen-bond donors (Lipinski definition) is 2. The molecule has 2 rings (SSSR count). The van der Waals surface area contributed by atoms with E-state index in [9.17, 15) is 0 Å². The van der Waals surface area contributed by atoms with Crippen LogP contribution < -0.4 is 11.1 Å². The molecule has 0 radical (unpaired) electrons. The van der Waals surface area contributed by atoms with Crippen LogP contribution in [0.5, 0.6) is 0 Å². The van der Waals surface area contributed by atoms with Gasteiger partial charge in [0.2, 0.25) is 0 Å². The zero-order chi connectivity index (χ0) is 15.1. The molecule has 0 aromatic carbocycles. The van der Waals surface area contributed by atoms with E-state index in [-0.39, 0.29) is 5.60 Å². The molecule has 1 unspecified atom stereocenters. The lowest BCUT2D eigenvalue weighted by molar-refractivity contribution is -0.0752. The van der Waals surface area contributed by atoms with Gasteiger partial charge < -0.3 is 15.8 Å². The molecule has 0 aliphatic heterocycles. The molecule has 1 aromatic rings. The van der Waals surface area contributed by atoms with Crippen molar-refractivity contribution in [3.05, 3.63) is 23.9 Å². The lowest BCUT2D eigenvalue weighted by Gasteiger charge is -2.40. The van der Waals surface area contributed by atoms with E-state index in [2.05, 4.69) is 23.3 Å². The fourth-order valence-electron chi connectivity index (χ4n) is 3.62. The third-order valence-corrected chi connectivity index (χ3v) is 4.65. The van der Waals surface area contributed by atoms with Crippen molar-refractivity contribution >= 4 is 5.82 Å². The standard InChI is InChI=1S/C17H29N3O/c1-3-21-17(9-6-4-5-7-10-17)15(19-2)12-14-8-11-20-16(18)13-14/h8,11,13,15,19H,3-7,9-10,12H2,1-2H3,(H2,18,20). The van der Waals surface area contributed by atoms with E-state index in [0.29, 0.717) is 11.9 Å². The van der Waals surface area contributed by atoms with Gasteiger partial charge >= 0.3 is 0 Å². The average molecular weight is 291 g/mol. The third-order valence-electron chi connectivity index (χ3n) is 4.65. The predicted octanol–water partition coefficient (Wildman–Crippen LogP) is 2.92. The van der Waals surface area contributed by atoms with E-state index >= 15 is 0 Å². The van der Waals surface area contributed by atoms with Crippen LogP contribution in [0, 0.1) is 0 Å². The summed E-state index contributed by atoms with van der Waals surface area (Å²) in [6, 6.07) is 4.34. The molecular formula is C17H29N3O. The van der Waals surface area contributed by atoms with Gasteiger partial charge in [0.25, 0.3) is 0 Å². The van der Waals surface area contributed by atoms with Gasteiger partial charge in [-0.1, -0.05) is 25.7 Å². The van der Waals surface area contributed by atoms with Gasteiger partial charge in [0, 0.05) is 18.8 Å². The molecule has 1 atom stereocenters. The summed E-state index contributed by atoms with van der Waals surface area (Å²) in [7, 11) is 2.04. The van der Waals surface area contributed by atoms with Crippen molar-refractivity contribution in [3.63, 3.8) is 0 Å². The Balaban J connectivity index is 2.18. The van der Waals surface area contributed by atoms with Crippen molar-refractivity contribution in [2.75, 3.05) is 19.4 Å². The second kappa shape index (κ2) is 7.76. The van der Waals surface area contributed by atoms with Gasteiger partial charge in [-0.15, -0.1) is 0 Å². The lowest BCUT2D eigenvalue weighted by atomic mass is 9.82. The molecule has 1 aliphatic carbocycles. The first-order valence-electron chi connectivity index (χ1n) is 8.22. The number of likely N-dealkylation sites (N-methyl/N-ethyl adjacent to an activating group) is 1. The topological polar surface area (TPSA) is 60.2 Å². The SMILES string of the molecule is CCOC1(C(Cc2ccnc(N)c2)NC)CCCCCC1. The quantitative estimate of drug-likeness (QED) is 0.791. The summed E-state index contributed by atoms with van der Waals surface area (Å²) in [5.74, 6) is 0.591. The van der Waals surface area contributed by atoms with Crippen molar-refractivity contribution in [3.8, 4) is 0 Å². The molecule has 1 fully saturated rings. The molecule has 1 heterocycles. The molecule has 118 valence electrons. The van der Waals surface area contributed by atoms with Crippen molar-refractivity contribution < 1.29 is 4.74 Å². The summed E-state index contributed by atoms with van der Waals surface area (Å²) in [5.41, 5.74) is 6.99. The Kier molecular flexibility index (Phi) is 6.00. The predicted molar refractivity (Wildman–Crippen MR) is 87.3 cm³/mol. The van der Waals surface area contributed by atoms with Crippen molar-refractivity contribution in [2.24, 2.45) is 0 Å². The molecule has 1 saturated carbocycles. The number of anilines is 1. The number of hydrogen-bond acceptors (Lipinski definition) is 4. The Morgan fingerprint density at radius 1 is 1.33 bits per heavy atom. The largest absolute Gasteiger partial charge is 0.384 e. The Bertz CT molecular complexity index is 428. The summed E-state index contributed by atoms with van der Waals surface area (Å²) in [6.07, 6.45) is 10.2. The maximum absolute atomic E-state index is 6.30. The van der Waals surface area contributed by atoms with Crippen LogP contribution in [0.4, 0.5) is 5.82 Å². The van der Waals surface area contributed by atoms with Crippen LogP contribution in [0.3, 0.4) is 0 Å². The van der Waals surface area contributed by atoms with E-state index < -0.39 is 0 Å². The van der Waals surface area contributed by atoms with E-state index in [1.165, 1.54) is 31.2 Å². The van der Waals surface area contributed by atoms with E-state index in [0.717, 1.165) is 25.9 Å². The van der Waals surface area contributed by atoms with Gasteiger partial charge in [0.1, 0.15) is 5.82 Å². The molecule has 1 aliphatic rings. The maximum Gasteiger partial charge on any atom is 0.123 e. The summed E-state index contributed by atoms with van der Waals surface area (Å²) in [4.78, 5) is 4.08. The average Bonchev–Trinajstić information content (AvgIpc) is 2.72. The number of nitrogens with zero attached hydrogens (tertiary/aromatic N) is 1. The van der Waals surface area contributed by atoms with Gasteiger partial charge in [-0.2, -0.15) is 0 Å². The highest BCUT2D eigenvalue weighted by Gasteiger charge is 2.38. The Morgan fingerprint density at radius 2 is 2.05 bits per heavy atom. The Morgan fingerprint density at radius 3 is 2.62 bits per heavy atom. The van der Waals surface area contributed by atoms with Crippen LogP contribution in [0.15, 0.2) is 18.3 Å². The maximum atomic E-state index is 6.30. The van der Waals surface area contributed by atoms with Crippen LogP contribution in [0.2, 0.25) is 0 Å². The number of nitrogen functional groups attached to an aromatic ring is 1. The van der Waals surface area contributed by atoms with Gasteiger partial charge in [-0.3, -0.25) is 0 Å². The minimum atomic E-state index is -0.0436. The normalized spacial score (nSPS) is 19.9. The van der Waals surface area contributed by atoms with E-state index in [4.69, 9.17) is 10.5 Å². The fourth-order valence-corrected chi connectivity index (χ4v) is 3.62. The molecule has 21 heavy (non-hydrogen) atoms. The Hall–Kier alpha value is -1.13. The van der Waals surface area contributed by atoms with Gasteiger partial charge in [-0.05, 0) is 50.9 Å². The fraction of sp³-hybridized carbons (Fsp3) is 0.706. The van der Waals surface area contributed by atoms with Gasteiger partial charge in [0.15, 0.2) is 0 Å². The van der Waals surface area contributed by atoms with Crippen LogP contribution in [0.25, 0.3) is 0 Å². The van der Waals surface area contributed by atoms with Crippen molar-refractivity contribution in [2.45, 2.75) is 63.5 Å². The molecule has 0 saturated heterocycles. The molecular weight excluding hydrogens is 262 g/mol. The lowest BCUT2D eigenvalue weighted by Crippen LogP contribution is -2.52. The van der Waals surface area contributed by atoms with E-state index in [1.807, 2.05) is 13.1 Å². The van der Waals surface area contributed by atoms with Crippen molar-refractivity contribution in [1.29, 1.82) is 0 Å². The minimum Gasteiger partial charge on any atom is -0.384 e. The van der Waals surface area contributed by atoms with Crippen LogP contribution >= 0.6 is 0 Å². The van der Waals surface area contributed by atoms with Crippen LogP contribution in [-0.4, -0.2) is 30.3 Å². The highest BCUT2D eigenvalue weighted by molar-refractivity contribution is 5.32. The first-order chi connectivity index (χ1) is 10.2. The molecule has 0 spiro atoms. The first kappa shape index (κ1) is 16.2. The summed E-state index contributed by atoms with van der Waals surface area (Å²) in [6.45, 7) is 2.88. The zero-order valence-corrected chi connectivity index (χ0v) is 13.4. The van der Waals surface area contributed by atoms with Gasteiger partial charge in [0.05, 0.1) is 5.60 Å². The highest BCUT2D eigenvalue weighted by Crippen LogP contribution is 2.34. The number of pyridine rings is 1. The summed E-state index contributed by atoms with van der Waals surface area (Å²) >= 11 is 0. The van der Waals surface area contributed by atoms with Gasteiger partial charge in [-0.25, -0.2) is 4.98 Å². The monoisotopic (exact) mass is 291 g/mol. The smallest absolute Gasteiger partial charge is 0.123 e. The zero-order valence-electron chi connectivity index (χ0n) is 13.4. The second-order valence-corrected chi connectivity index (χ2v) is 6.05. The Labute approximate surface area is 128 Å². The third kappa shape index (κ3) is 4.17. The van der Waals surface area contributed by atoms with Crippen LogP contribution in [0.1, 0.15) is 51.0 Å². The van der Waals surface area contributed by atoms with Crippen molar-refractivity contribution in [1.82, 2.24) is 10.3 Å². The highest BCUT2D eigenvalue weighted by atomic mass is 16.5. The van der Waals surface area contributed by atoms with E-state index in [1.54, 1.807) is 6.20 Å². The number of ether oxygens (including phenoxy) is 1. The molecule has 0 amide bonds. The minimum absolute atomic E-state index is 0.0436. The number of nitrogens with one attached hydrogen (secondary N) is 1. The summed E-state index contributed by atoms with van der Waals surface area (Å²) < 4.78 is 6.30.